The van der Waals surface area contributed by atoms with Crippen molar-refractivity contribution in [2.45, 2.75) is 27.7 Å². The van der Waals surface area contributed by atoms with Crippen LogP contribution in [0.1, 0.15) is 38.1 Å². The van der Waals surface area contributed by atoms with Crippen LogP contribution in [-0.2, 0) is 0 Å². The van der Waals surface area contributed by atoms with E-state index < -0.39 is 0 Å². The van der Waals surface area contributed by atoms with Crippen LogP contribution in [0.15, 0.2) is 18.2 Å². The molecule has 1 unspecified atom stereocenters. The molecular weight excluding hydrogens is 250 g/mol. The summed E-state index contributed by atoms with van der Waals surface area (Å²) in [5.74, 6) is 0.431. The predicted molar refractivity (Wildman–Crippen MR) is 84.4 cm³/mol. The number of hydrogen-bond acceptors (Lipinski definition) is 3. The van der Waals surface area contributed by atoms with Gasteiger partial charge in [0.25, 0.3) is 5.91 Å². The quantitative estimate of drug-likeness (QED) is 0.795. The highest BCUT2D eigenvalue weighted by molar-refractivity contribution is 5.96. The third-order valence-corrected chi connectivity index (χ3v) is 4.08. The van der Waals surface area contributed by atoms with Gasteiger partial charge in [-0.15, -0.1) is 0 Å². The molecule has 0 radical (unpaired) electrons. The van der Waals surface area contributed by atoms with Crippen LogP contribution in [0.4, 0.5) is 11.4 Å². The van der Waals surface area contributed by atoms with Gasteiger partial charge in [-0.2, -0.15) is 0 Å². The van der Waals surface area contributed by atoms with Gasteiger partial charge in [-0.3, -0.25) is 4.79 Å². The molecule has 1 aliphatic heterocycles. The largest absolute Gasteiger partial charge is 0.382 e. The summed E-state index contributed by atoms with van der Waals surface area (Å²) in [6.45, 7) is 11.2. The van der Waals surface area contributed by atoms with Gasteiger partial charge in [-0.1, -0.05) is 27.7 Å². The molecule has 1 amide bonds. The van der Waals surface area contributed by atoms with Gasteiger partial charge in [0.15, 0.2) is 0 Å². The van der Waals surface area contributed by atoms with Crippen molar-refractivity contribution in [3.8, 4) is 0 Å². The Bertz CT molecular complexity index is 491. The zero-order valence-electron chi connectivity index (χ0n) is 12.8. The second-order valence-electron chi connectivity index (χ2n) is 6.59. The topological polar surface area (TPSA) is 53.2 Å². The van der Waals surface area contributed by atoms with Crippen molar-refractivity contribution in [1.29, 1.82) is 0 Å². The Morgan fingerprint density at radius 1 is 1.25 bits per heavy atom. The van der Waals surface area contributed by atoms with Crippen LogP contribution < -0.4 is 16.0 Å². The van der Waals surface area contributed by atoms with Crippen molar-refractivity contribution >= 4 is 17.3 Å². The number of rotatable bonds is 3. The van der Waals surface area contributed by atoms with E-state index in [9.17, 15) is 4.79 Å². The summed E-state index contributed by atoms with van der Waals surface area (Å²) < 4.78 is 0. The maximum atomic E-state index is 12.2. The van der Waals surface area contributed by atoms with Gasteiger partial charge in [0.2, 0.25) is 0 Å². The lowest BCUT2D eigenvalue weighted by Crippen LogP contribution is -2.33. The molecule has 0 spiro atoms. The van der Waals surface area contributed by atoms with E-state index in [-0.39, 0.29) is 11.3 Å². The van der Waals surface area contributed by atoms with E-state index in [1.165, 1.54) is 0 Å². The van der Waals surface area contributed by atoms with Crippen molar-refractivity contribution in [3.63, 3.8) is 0 Å². The summed E-state index contributed by atoms with van der Waals surface area (Å²) >= 11 is 0. The van der Waals surface area contributed by atoms with E-state index in [0.29, 0.717) is 18.0 Å². The first kappa shape index (κ1) is 14.7. The molecule has 1 aromatic carbocycles. The van der Waals surface area contributed by atoms with Gasteiger partial charge in [-0.25, -0.2) is 0 Å². The molecule has 4 nitrogen and oxygen atoms in total. The van der Waals surface area contributed by atoms with E-state index in [0.717, 1.165) is 24.5 Å². The van der Waals surface area contributed by atoms with Crippen LogP contribution in [0.3, 0.4) is 0 Å². The van der Waals surface area contributed by atoms with Gasteiger partial charge in [-0.05, 0) is 29.5 Å². The van der Waals surface area contributed by atoms with Gasteiger partial charge >= 0.3 is 0 Å². The third kappa shape index (κ3) is 3.44. The van der Waals surface area contributed by atoms with Crippen LogP contribution in [0, 0.1) is 11.3 Å². The first-order chi connectivity index (χ1) is 9.38. The Kier molecular flexibility index (Phi) is 4.21. The molecule has 1 aromatic rings. The zero-order chi connectivity index (χ0) is 14.8. The first-order valence-corrected chi connectivity index (χ1v) is 7.28. The lowest BCUT2D eigenvalue weighted by molar-refractivity contribution is 0.0937. The molecule has 3 N–H and O–H groups in total. The highest BCUT2D eigenvalue weighted by Crippen LogP contribution is 2.26. The molecule has 0 aliphatic carbocycles. The standard InChI is InChI=1S/C16H25N3O/c1-11(16(2,3)4)10-19-15(20)12-5-6-13-14(9-12)18-8-7-17-13/h5-6,9,11,17-18H,7-8,10H2,1-4H3,(H,19,20). The number of hydrogen-bond donors (Lipinski definition) is 3. The SMILES string of the molecule is CC(CNC(=O)c1ccc2c(c1)NCCN2)C(C)(C)C. The fourth-order valence-electron chi connectivity index (χ4n) is 2.03. The molecular formula is C16H25N3O. The smallest absolute Gasteiger partial charge is 0.251 e. The lowest BCUT2D eigenvalue weighted by atomic mass is 9.82. The van der Waals surface area contributed by atoms with Crippen LogP contribution in [-0.4, -0.2) is 25.5 Å². The fourth-order valence-corrected chi connectivity index (χ4v) is 2.03. The van der Waals surface area contributed by atoms with Crippen molar-refractivity contribution in [2.75, 3.05) is 30.3 Å². The number of anilines is 2. The van der Waals surface area contributed by atoms with Gasteiger partial charge in [0, 0.05) is 25.2 Å². The molecule has 1 heterocycles. The molecule has 20 heavy (non-hydrogen) atoms. The molecule has 1 aliphatic rings. The Balaban J connectivity index is 1.99. The third-order valence-electron chi connectivity index (χ3n) is 4.08. The molecule has 0 saturated heterocycles. The molecule has 0 fully saturated rings. The molecule has 1 atom stereocenters. The number of benzene rings is 1. The average Bonchev–Trinajstić information content (AvgIpc) is 2.42. The Morgan fingerprint density at radius 3 is 2.55 bits per heavy atom. The van der Waals surface area contributed by atoms with Crippen molar-refractivity contribution in [3.05, 3.63) is 23.8 Å². The second kappa shape index (κ2) is 5.73. The van der Waals surface area contributed by atoms with E-state index in [2.05, 4.69) is 43.6 Å². The van der Waals surface area contributed by atoms with Crippen molar-refractivity contribution in [1.82, 2.24) is 5.32 Å². The monoisotopic (exact) mass is 275 g/mol. The molecule has 0 saturated carbocycles. The van der Waals surface area contributed by atoms with E-state index in [4.69, 9.17) is 0 Å². The first-order valence-electron chi connectivity index (χ1n) is 7.28. The van der Waals surface area contributed by atoms with Gasteiger partial charge in [0.05, 0.1) is 11.4 Å². The van der Waals surface area contributed by atoms with Crippen LogP contribution in [0.25, 0.3) is 0 Å². The van der Waals surface area contributed by atoms with Crippen LogP contribution in [0.5, 0.6) is 0 Å². The average molecular weight is 275 g/mol. The second-order valence-corrected chi connectivity index (χ2v) is 6.59. The summed E-state index contributed by atoms with van der Waals surface area (Å²) in [6, 6.07) is 5.75. The highest BCUT2D eigenvalue weighted by Gasteiger charge is 2.20. The van der Waals surface area contributed by atoms with Crippen LogP contribution >= 0.6 is 0 Å². The Hall–Kier alpha value is -1.71. The molecule has 0 bridgehead atoms. The van der Waals surface area contributed by atoms with Gasteiger partial charge < -0.3 is 16.0 Å². The highest BCUT2D eigenvalue weighted by atomic mass is 16.1. The summed E-state index contributed by atoms with van der Waals surface area (Å²) in [6.07, 6.45) is 0. The van der Waals surface area contributed by atoms with Crippen molar-refractivity contribution < 1.29 is 4.79 Å². The maximum absolute atomic E-state index is 12.2. The van der Waals surface area contributed by atoms with Crippen molar-refractivity contribution in [2.24, 2.45) is 11.3 Å². The van der Waals surface area contributed by atoms with Gasteiger partial charge in [0.1, 0.15) is 0 Å². The minimum absolute atomic E-state index is 0.00345. The Morgan fingerprint density at radius 2 is 1.90 bits per heavy atom. The summed E-state index contributed by atoms with van der Waals surface area (Å²) in [4.78, 5) is 12.2. The number of carbonyl (C=O) groups is 1. The van der Waals surface area contributed by atoms with E-state index in [1.54, 1.807) is 0 Å². The Labute approximate surface area is 121 Å². The normalized spacial score (nSPS) is 15.6. The van der Waals surface area contributed by atoms with Crippen LogP contribution in [0.2, 0.25) is 0 Å². The number of amides is 1. The van der Waals surface area contributed by atoms with E-state index in [1.807, 2.05) is 18.2 Å². The molecule has 110 valence electrons. The molecule has 0 aromatic heterocycles. The maximum Gasteiger partial charge on any atom is 0.251 e. The number of carbonyl (C=O) groups excluding carboxylic acids is 1. The minimum atomic E-state index is -0.00345. The predicted octanol–water partition coefficient (Wildman–Crippen LogP) is 2.94. The lowest BCUT2D eigenvalue weighted by Gasteiger charge is -2.27. The minimum Gasteiger partial charge on any atom is -0.382 e. The molecule has 4 heteroatoms. The zero-order valence-corrected chi connectivity index (χ0v) is 12.8. The van der Waals surface area contributed by atoms with E-state index >= 15 is 0 Å². The number of fused-ring (bicyclic) bond motifs is 1. The summed E-state index contributed by atoms with van der Waals surface area (Å²) in [5.41, 5.74) is 2.99. The molecule has 2 rings (SSSR count). The summed E-state index contributed by atoms with van der Waals surface area (Å²) in [5, 5.41) is 9.63. The number of nitrogens with one attached hydrogen (secondary N) is 3. The fraction of sp³-hybridized carbons (Fsp3) is 0.562. The summed E-state index contributed by atoms with van der Waals surface area (Å²) in [7, 11) is 0.